The van der Waals surface area contributed by atoms with Gasteiger partial charge in [0.25, 0.3) is 0 Å². The van der Waals surface area contributed by atoms with Gasteiger partial charge in [-0.1, -0.05) is 0 Å². The minimum atomic E-state index is 0.738. The number of hydrogen-bond donors (Lipinski definition) is 1. The topological polar surface area (TPSA) is 15.3 Å². The molecule has 0 aromatic heterocycles. The highest BCUT2D eigenvalue weighted by atomic mass is 32.2. The van der Waals surface area contributed by atoms with Gasteiger partial charge in [-0.2, -0.15) is 11.8 Å². The third-order valence-corrected chi connectivity index (χ3v) is 4.89. The van der Waals surface area contributed by atoms with E-state index in [2.05, 4.69) is 28.9 Å². The Kier molecular flexibility index (Phi) is 4.79. The van der Waals surface area contributed by atoms with Crippen LogP contribution in [-0.2, 0) is 0 Å². The number of nitrogens with zero attached hydrogens (tertiary/aromatic N) is 1. The van der Waals surface area contributed by atoms with Crippen molar-refractivity contribution in [3.8, 4) is 0 Å². The molecule has 0 spiro atoms. The van der Waals surface area contributed by atoms with Gasteiger partial charge in [0.1, 0.15) is 0 Å². The standard InChI is InChI=1S/C12H24N2S/c1-11(14-5-2-3-6-14)8-13-9-12-4-7-15-10-12/h11-13H,2-10H2,1H3. The molecule has 3 heteroatoms. The third-order valence-electron chi connectivity index (χ3n) is 3.66. The molecule has 2 fully saturated rings. The maximum atomic E-state index is 3.65. The van der Waals surface area contributed by atoms with Crippen LogP contribution < -0.4 is 5.32 Å². The first kappa shape index (κ1) is 11.7. The molecule has 2 nitrogen and oxygen atoms in total. The predicted octanol–water partition coefficient (Wildman–Crippen LogP) is 1.81. The van der Waals surface area contributed by atoms with Crippen LogP contribution in [0.15, 0.2) is 0 Å². The summed E-state index contributed by atoms with van der Waals surface area (Å²) >= 11 is 2.12. The summed E-state index contributed by atoms with van der Waals surface area (Å²) in [7, 11) is 0. The summed E-state index contributed by atoms with van der Waals surface area (Å²) in [4.78, 5) is 2.62. The lowest BCUT2D eigenvalue weighted by molar-refractivity contribution is 0.249. The van der Waals surface area contributed by atoms with Gasteiger partial charge in [0.15, 0.2) is 0 Å². The van der Waals surface area contributed by atoms with Crippen LogP contribution >= 0.6 is 11.8 Å². The zero-order valence-electron chi connectivity index (χ0n) is 9.87. The smallest absolute Gasteiger partial charge is 0.0192 e. The molecule has 88 valence electrons. The molecule has 0 saturated carbocycles. The van der Waals surface area contributed by atoms with Crippen LogP contribution in [0.4, 0.5) is 0 Å². The molecule has 2 saturated heterocycles. The van der Waals surface area contributed by atoms with Crippen LogP contribution in [0.1, 0.15) is 26.2 Å². The Bertz CT molecular complexity index is 174. The maximum absolute atomic E-state index is 3.65. The Labute approximate surface area is 98.2 Å². The Hall–Kier alpha value is 0.270. The molecule has 2 rings (SSSR count). The van der Waals surface area contributed by atoms with Gasteiger partial charge in [0, 0.05) is 12.6 Å². The van der Waals surface area contributed by atoms with Crippen molar-refractivity contribution in [3.63, 3.8) is 0 Å². The molecule has 2 aliphatic rings. The molecule has 0 radical (unpaired) electrons. The number of hydrogen-bond acceptors (Lipinski definition) is 3. The molecule has 0 aromatic carbocycles. The van der Waals surface area contributed by atoms with Crippen molar-refractivity contribution < 1.29 is 0 Å². The fourth-order valence-electron chi connectivity index (χ4n) is 2.55. The van der Waals surface area contributed by atoms with Crippen molar-refractivity contribution >= 4 is 11.8 Å². The molecular weight excluding hydrogens is 204 g/mol. The number of thioether (sulfide) groups is 1. The van der Waals surface area contributed by atoms with Gasteiger partial charge in [-0.25, -0.2) is 0 Å². The van der Waals surface area contributed by atoms with Gasteiger partial charge < -0.3 is 5.32 Å². The van der Waals surface area contributed by atoms with Crippen LogP contribution in [0, 0.1) is 5.92 Å². The molecular formula is C12H24N2S. The van der Waals surface area contributed by atoms with E-state index in [0.29, 0.717) is 0 Å². The van der Waals surface area contributed by atoms with Crippen LogP contribution in [0.5, 0.6) is 0 Å². The molecule has 1 N–H and O–H groups in total. The van der Waals surface area contributed by atoms with Crippen LogP contribution in [-0.4, -0.2) is 48.6 Å². The first-order chi connectivity index (χ1) is 7.36. The summed E-state index contributed by atoms with van der Waals surface area (Å²) in [5.41, 5.74) is 0. The quantitative estimate of drug-likeness (QED) is 0.773. The summed E-state index contributed by atoms with van der Waals surface area (Å²) in [6, 6.07) is 0.738. The fraction of sp³-hybridized carbons (Fsp3) is 1.00. The van der Waals surface area contributed by atoms with Crippen molar-refractivity contribution in [1.82, 2.24) is 10.2 Å². The second-order valence-corrected chi connectivity index (χ2v) is 6.13. The summed E-state index contributed by atoms with van der Waals surface area (Å²) < 4.78 is 0. The minimum absolute atomic E-state index is 0.738. The predicted molar refractivity (Wildman–Crippen MR) is 68.6 cm³/mol. The molecule has 2 unspecified atom stereocenters. The molecule has 0 aliphatic carbocycles. The van der Waals surface area contributed by atoms with Gasteiger partial charge in [-0.15, -0.1) is 0 Å². The lowest BCUT2D eigenvalue weighted by Gasteiger charge is -2.24. The fourth-order valence-corrected chi connectivity index (χ4v) is 3.84. The average molecular weight is 228 g/mol. The van der Waals surface area contributed by atoms with Crippen molar-refractivity contribution in [2.75, 3.05) is 37.7 Å². The molecule has 0 aromatic rings. The van der Waals surface area contributed by atoms with Crippen molar-refractivity contribution in [2.24, 2.45) is 5.92 Å². The zero-order chi connectivity index (χ0) is 10.5. The highest BCUT2D eigenvalue weighted by Gasteiger charge is 2.19. The lowest BCUT2D eigenvalue weighted by Crippen LogP contribution is -2.39. The average Bonchev–Trinajstić information content (AvgIpc) is 2.90. The SMILES string of the molecule is CC(CNCC1CCSC1)N1CCCC1. The molecule has 0 bridgehead atoms. The Balaban J connectivity index is 1.56. The molecule has 2 heterocycles. The van der Waals surface area contributed by atoms with Gasteiger partial charge in [-0.05, 0) is 63.2 Å². The number of likely N-dealkylation sites (tertiary alicyclic amines) is 1. The minimum Gasteiger partial charge on any atom is -0.315 e. The van der Waals surface area contributed by atoms with Crippen molar-refractivity contribution in [3.05, 3.63) is 0 Å². The van der Waals surface area contributed by atoms with E-state index in [1.54, 1.807) is 0 Å². The summed E-state index contributed by atoms with van der Waals surface area (Å²) in [6.45, 7) is 7.43. The largest absolute Gasteiger partial charge is 0.315 e. The Morgan fingerprint density at radius 1 is 1.40 bits per heavy atom. The van der Waals surface area contributed by atoms with E-state index in [1.165, 1.54) is 56.9 Å². The molecule has 0 amide bonds. The van der Waals surface area contributed by atoms with E-state index in [9.17, 15) is 0 Å². The molecule has 15 heavy (non-hydrogen) atoms. The zero-order valence-corrected chi connectivity index (χ0v) is 10.7. The van der Waals surface area contributed by atoms with Gasteiger partial charge in [0.05, 0.1) is 0 Å². The van der Waals surface area contributed by atoms with E-state index in [-0.39, 0.29) is 0 Å². The summed E-state index contributed by atoms with van der Waals surface area (Å²) in [5, 5.41) is 3.65. The monoisotopic (exact) mass is 228 g/mol. The van der Waals surface area contributed by atoms with E-state index in [4.69, 9.17) is 0 Å². The van der Waals surface area contributed by atoms with Gasteiger partial charge in [-0.3, -0.25) is 4.90 Å². The van der Waals surface area contributed by atoms with E-state index in [1.807, 2.05) is 0 Å². The first-order valence-electron chi connectivity index (χ1n) is 6.39. The Morgan fingerprint density at radius 2 is 2.20 bits per heavy atom. The lowest BCUT2D eigenvalue weighted by atomic mass is 10.1. The van der Waals surface area contributed by atoms with E-state index in [0.717, 1.165) is 12.0 Å². The third kappa shape index (κ3) is 3.65. The van der Waals surface area contributed by atoms with Crippen molar-refractivity contribution in [2.45, 2.75) is 32.2 Å². The first-order valence-corrected chi connectivity index (χ1v) is 7.54. The second kappa shape index (κ2) is 6.12. The maximum Gasteiger partial charge on any atom is 0.0192 e. The van der Waals surface area contributed by atoms with Crippen LogP contribution in [0.2, 0.25) is 0 Å². The van der Waals surface area contributed by atoms with Crippen LogP contribution in [0.3, 0.4) is 0 Å². The van der Waals surface area contributed by atoms with Gasteiger partial charge in [0.2, 0.25) is 0 Å². The highest BCUT2D eigenvalue weighted by Crippen LogP contribution is 2.22. The summed E-state index contributed by atoms with van der Waals surface area (Å²) in [6.07, 6.45) is 4.24. The number of nitrogens with one attached hydrogen (secondary N) is 1. The van der Waals surface area contributed by atoms with E-state index >= 15 is 0 Å². The molecule has 2 aliphatic heterocycles. The van der Waals surface area contributed by atoms with E-state index < -0.39 is 0 Å². The number of rotatable bonds is 5. The molecule has 2 atom stereocenters. The van der Waals surface area contributed by atoms with Crippen LogP contribution in [0.25, 0.3) is 0 Å². The Morgan fingerprint density at radius 3 is 2.87 bits per heavy atom. The van der Waals surface area contributed by atoms with Crippen molar-refractivity contribution in [1.29, 1.82) is 0 Å². The second-order valence-electron chi connectivity index (χ2n) is 4.98. The summed E-state index contributed by atoms with van der Waals surface area (Å²) in [5.74, 6) is 3.71. The van der Waals surface area contributed by atoms with Gasteiger partial charge >= 0.3 is 0 Å². The highest BCUT2D eigenvalue weighted by molar-refractivity contribution is 7.99. The normalized spacial score (nSPS) is 29.8.